The molecule has 24 nitrogen and oxygen atoms in total. The molecule has 0 saturated carbocycles. The normalized spacial score (nSPS) is 16.9. The third-order valence-electron chi connectivity index (χ3n) is 8.84. The van der Waals surface area contributed by atoms with Crippen LogP contribution in [0.25, 0.3) is 21.5 Å². The molecule has 0 spiro atoms. The molecule has 1 atom stereocenters. The second-order valence-electron chi connectivity index (χ2n) is 12.5. The maximum Gasteiger partial charge on any atom is 0.372 e. The first-order chi connectivity index (χ1) is 26.2. The van der Waals surface area contributed by atoms with Crippen LogP contribution >= 0.6 is 0 Å². The Labute approximate surface area is 326 Å². The number of aromatic nitrogens is 1. The fourth-order valence-corrected chi connectivity index (χ4v) is 11.5. The molecule has 7 bridgehead atoms. The summed E-state index contributed by atoms with van der Waals surface area (Å²) in [7, 11) is -34.6. The highest BCUT2D eigenvalue weighted by Gasteiger charge is 2.53. The number of amides is 3. The number of nitrogens with zero attached hydrogens (tertiary/aromatic N) is 2. The van der Waals surface area contributed by atoms with Gasteiger partial charge in [-0.3, -0.25) is 27.3 Å². The topological polar surface area (TPSA) is 389 Å². The van der Waals surface area contributed by atoms with Crippen molar-refractivity contribution in [2.75, 3.05) is 17.7 Å². The zero-order valence-electron chi connectivity index (χ0n) is 28.4. The van der Waals surface area contributed by atoms with Gasteiger partial charge >= 0.3 is 42.3 Å². The SMILES string of the molecule is Cn1cccc1C(=O)[N+]1(C)c2c(S(=O)(=O)O)cc3c(S(=O)(=O)O)cc(cc3c2S(=O)(=O)O)NC(=O)Nc2cc(S(=O)(=O)O)c3c1c(S(=O)(=O)O)cc(S(=O)(=O)O)c3c2. The number of nitrogens with one attached hydrogen (secondary N) is 2. The number of carbonyl (C=O) groups is 2. The zero-order chi connectivity index (χ0) is 43.7. The number of urea groups is 1. The van der Waals surface area contributed by atoms with Crippen LogP contribution in [0.3, 0.4) is 0 Å². The molecule has 5 aromatic rings. The average Bonchev–Trinajstić information content (AvgIpc) is 3.47. The summed E-state index contributed by atoms with van der Waals surface area (Å²) in [5.41, 5.74) is -5.90. The Balaban J connectivity index is 2.20. The van der Waals surface area contributed by atoms with Gasteiger partial charge in [0.2, 0.25) is 0 Å². The summed E-state index contributed by atoms with van der Waals surface area (Å²) in [5, 5.41) is -1.25. The summed E-state index contributed by atoms with van der Waals surface area (Å²) in [6.07, 6.45) is 1.13. The van der Waals surface area contributed by atoms with Crippen molar-refractivity contribution in [3.63, 3.8) is 0 Å². The minimum atomic E-state index is -6.28. The summed E-state index contributed by atoms with van der Waals surface area (Å²) in [6.45, 7) is 0. The second kappa shape index (κ2) is 13.0. The first kappa shape index (κ1) is 42.6. The molecule has 0 saturated heterocycles. The molecule has 1 unspecified atom stereocenters. The number of hydrogen-bond donors (Lipinski definition) is 8. The predicted molar refractivity (Wildman–Crippen MR) is 197 cm³/mol. The fraction of sp³-hybridized carbons (Fsp3) is 0.0714. The van der Waals surface area contributed by atoms with Gasteiger partial charge in [0, 0.05) is 40.8 Å². The van der Waals surface area contributed by atoms with Gasteiger partial charge in [0.25, 0.3) is 30.4 Å². The molecule has 3 heterocycles. The number of benzene rings is 4. The van der Waals surface area contributed by atoms with Crippen molar-refractivity contribution in [3.8, 4) is 0 Å². The van der Waals surface area contributed by atoms with Crippen LogP contribution < -0.4 is 15.1 Å². The molecular weight excluding hydrogens is 905 g/mol. The Bertz CT molecular complexity index is 3450. The number of carbonyl (C=O) groups excluding carboxylic acids is 2. The van der Waals surface area contributed by atoms with E-state index < -0.39 is 156 Å². The van der Waals surface area contributed by atoms with E-state index in [9.17, 15) is 82.6 Å². The lowest BCUT2D eigenvalue weighted by molar-refractivity contribution is 0.0846. The number of aryl methyl sites for hydroxylation is 1. The zero-order valence-corrected chi connectivity index (χ0v) is 33.3. The largest absolute Gasteiger partial charge is 0.372 e. The highest BCUT2D eigenvalue weighted by atomic mass is 32.2. The van der Waals surface area contributed by atoms with E-state index in [4.69, 9.17) is 0 Å². The monoisotopic (exact) mass is 927 g/mol. The number of rotatable bonds is 7. The van der Waals surface area contributed by atoms with Crippen molar-refractivity contribution in [1.29, 1.82) is 0 Å². The molecule has 8 N–H and O–H groups in total. The van der Waals surface area contributed by atoms with Crippen molar-refractivity contribution in [3.05, 3.63) is 60.4 Å². The molecule has 7 rings (SSSR count). The Morgan fingerprint density at radius 1 is 0.569 bits per heavy atom. The van der Waals surface area contributed by atoms with Crippen molar-refractivity contribution in [1.82, 2.24) is 9.05 Å². The third-order valence-corrected chi connectivity index (χ3v) is 14.2. The van der Waals surface area contributed by atoms with Crippen molar-refractivity contribution < 1.29 is 87.4 Å². The molecule has 310 valence electrons. The number of fused-ring (bicyclic) bond motifs is 3. The summed E-state index contributed by atoms with van der Waals surface area (Å²) >= 11 is 0. The van der Waals surface area contributed by atoms with E-state index >= 15 is 4.79 Å². The maximum atomic E-state index is 15.2. The van der Waals surface area contributed by atoms with Crippen molar-refractivity contribution in [2.45, 2.75) is 29.4 Å². The third kappa shape index (κ3) is 7.01. The summed E-state index contributed by atoms with van der Waals surface area (Å²) < 4.78 is 221. The minimum absolute atomic E-state index is 0.101. The highest BCUT2D eigenvalue weighted by molar-refractivity contribution is 7.88. The molecule has 0 fully saturated rings. The highest BCUT2D eigenvalue weighted by Crippen LogP contribution is 2.54. The van der Waals surface area contributed by atoms with Gasteiger partial charge in [0.05, 0.1) is 12.4 Å². The van der Waals surface area contributed by atoms with Gasteiger partial charge in [-0.2, -0.15) is 55.0 Å². The Morgan fingerprint density at radius 3 is 1.47 bits per heavy atom. The minimum Gasteiger partial charge on any atom is -0.343 e. The molecule has 2 aliphatic rings. The molecule has 2 aliphatic heterocycles. The molecule has 0 radical (unpaired) electrons. The van der Waals surface area contributed by atoms with Crippen LogP contribution in [-0.2, 0) is 67.8 Å². The van der Waals surface area contributed by atoms with Crippen LogP contribution in [-0.4, -0.2) is 101 Å². The van der Waals surface area contributed by atoms with Crippen LogP contribution in [0.2, 0.25) is 0 Å². The van der Waals surface area contributed by atoms with E-state index in [1.165, 1.54) is 0 Å². The Kier molecular flexibility index (Phi) is 9.57. The quantitative estimate of drug-likeness (QED) is 0.0853. The standard InChI is InChI=1S/C28H22N4O20S6/c1-31-5-3-4-17(31)27(33)32(2)24-22(57(47,48)49)11-19(54(38,39)40)16-7-13(9-20(23(16)24)55(41,42)43)30-28(34)29-12-6-15-14(18(8-12)53(35,36)37)10-21(56(44,45)46)25(32)26(15)58(50,51)52/h3-11H,1-2H3,(H7-,29,30,34,35,36,37,38,39,40,41,42,43,44,45,46,47,48,49,50,51,52)/p+1. The lowest BCUT2D eigenvalue weighted by atomic mass is 10.0. The van der Waals surface area contributed by atoms with E-state index in [0.29, 0.717) is 31.3 Å². The number of quaternary nitrogens is 1. The first-order valence-electron chi connectivity index (χ1n) is 14.9. The lowest BCUT2D eigenvalue weighted by Crippen LogP contribution is -2.49. The Morgan fingerprint density at radius 2 is 1.02 bits per heavy atom. The molecule has 3 amide bonds. The van der Waals surface area contributed by atoms with Gasteiger partial charge in [0.15, 0.2) is 26.1 Å². The summed E-state index contributed by atoms with van der Waals surface area (Å²) in [4.78, 5) is 18.0. The first-order valence-corrected chi connectivity index (χ1v) is 23.6. The smallest absolute Gasteiger partial charge is 0.343 e. The number of anilines is 2. The van der Waals surface area contributed by atoms with Crippen LogP contribution in [0.4, 0.5) is 27.5 Å². The predicted octanol–water partition coefficient (Wildman–Crippen LogP) is 1.88. The van der Waals surface area contributed by atoms with E-state index in [-0.39, 0.29) is 12.1 Å². The van der Waals surface area contributed by atoms with Crippen LogP contribution in [0.1, 0.15) is 10.5 Å². The van der Waals surface area contributed by atoms with Gasteiger partial charge in [-0.25, -0.2) is 9.59 Å². The van der Waals surface area contributed by atoms with Gasteiger partial charge in [-0.15, -0.1) is 0 Å². The number of hydrogen-bond acceptors (Lipinski definition) is 14. The van der Waals surface area contributed by atoms with E-state index in [0.717, 1.165) is 29.9 Å². The summed E-state index contributed by atoms with van der Waals surface area (Å²) in [6, 6.07) is 2.26. The fourth-order valence-electron chi connectivity index (χ4n) is 6.66. The van der Waals surface area contributed by atoms with Gasteiger partial charge < -0.3 is 15.2 Å². The molecule has 0 aliphatic carbocycles. The molecule has 4 aromatic carbocycles. The maximum absolute atomic E-state index is 15.2. The van der Waals surface area contributed by atoms with Gasteiger partial charge in [0.1, 0.15) is 20.4 Å². The van der Waals surface area contributed by atoms with Gasteiger partial charge in [-0.1, -0.05) is 0 Å². The lowest BCUT2D eigenvalue weighted by Gasteiger charge is -2.35. The van der Waals surface area contributed by atoms with E-state index in [1.807, 2.05) is 10.6 Å². The van der Waals surface area contributed by atoms with Crippen molar-refractivity contribution >= 4 is 117 Å². The average molecular weight is 928 g/mol. The summed E-state index contributed by atoms with van der Waals surface area (Å²) in [5.74, 6) is -1.78. The molecule has 30 heteroatoms. The Hall–Kier alpha value is -4.96. The van der Waals surface area contributed by atoms with Crippen LogP contribution in [0.5, 0.6) is 0 Å². The molecule has 58 heavy (non-hydrogen) atoms. The molecule has 1 aromatic heterocycles. The van der Waals surface area contributed by atoms with E-state index in [1.54, 1.807) is 0 Å². The molecular formula is C28H23N4O20S6+. The van der Waals surface area contributed by atoms with Gasteiger partial charge in [-0.05, 0) is 48.5 Å². The van der Waals surface area contributed by atoms with Crippen LogP contribution in [0, 0.1) is 0 Å². The van der Waals surface area contributed by atoms with Crippen LogP contribution in [0.15, 0.2) is 84.1 Å². The van der Waals surface area contributed by atoms with Crippen molar-refractivity contribution in [2.24, 2.45) is 7.05 Å². The second-order valence-corrected chi connectivity index (χ2v) is 20.8. The van der Waals surface area contributed by atoms with E-state index in [2.05, 4.69) is 0 Å².